The van der Waals surface area contributed by atoms with Crippen LogP contribution in [-0.4, -0.2) is 50.4 Å². The summed E-state index contributed by atoms with van der Waals surface area (Å²) in [6.45, 7) is 5.95. The fourth-order valence-corrected chi connectivity index (χ4v) is 3.64. The van der Waals surface area contributed by atoms with Gasteiger partial charge in [-0.25, -0.2) is 4.98 Å². The molecule has 1 aromatic carbocycles. The smallest absolute Gasteiger partial charge is 0.310 e. The molecule has 0 spiro atoms. The van der Waals surface area contributed by atoms with Crippen molar-refractivity contribution in [3.8, 4) is 16.5 Å². The molecule has 2 aromatic rings. The topological polar surface area (TPSA) is 68.7 Å². The van der Waals surface area contributed by atoms with Gasteiger partial charge >= 0.3 is 10.1 Å². The van der Waals surface area contributed by atoms with E-state index in [2.05, 4.69) is 22.0 Å². The molecule has 0 bridgehead atoms. The SMILES string of the molecule is CCS(=O)(=O)Oc1csc(-c2ccc(CN3CCOCC3)cc2)n1. The zero-order chi connectivity index (χ0) is 17.0. The van der Waals surface area contributed by atoms with E-state index in [1.807, 2.05) is 12.1 Å². The highest BCUT2D eigenvalue weighted by atomic mass is 32.2. The third-order valence-electron chi connectivity index (χ3n) is 3.76. The molecule has 1 aromatic heterocycles. The lowest BCUT2D eigenvalue weighted by atomic mass is 10.1. The van der Waals surface area contributed by atoms with E-state index in [1.54, 1.807) is 5.38 Å². The molecule has 6 nitrogen and oxygen atoms in total. The number of hydrogen-bond donors (Lipinski definition) is 0. The zero-order valence-electron chi connectivity index (χ0n) is 13.5. The second-order valence-corrected chi connectivity index (χ2v) is 8.22. The summed E-state index contributed by atoms with van der Waals surface area (Å²) < 4.78 is 33.2. The average molecular weight is 368 g/mol. The summed E-state index contributed by atoms with van der Waals surface area (Å²) in [6, 6.07) is 8.17. The number of nitrogens with zero attached hydrogens (tertiary/aromatic N) is 2. The Morgan fingerprint density at radius 1 is 1.25 bits per heavy atom. The summed E-state index contributed by atoms with van der Waals surface area (Å²) in [4.78, 5) is 6.61. The maximum Gasteiger partial charge on any atom is 0.310 e. The van der Waals surface area contributed by atoms with Gasteiger partial charge in [0.2, 0.25) is 5.88 Å². The van der Waals surface area contributed by atoms with Crippen molar-refractivity contribution in [3.63, 3.8) is 0 Å². The van der Waals surface area contributed by atoms with Gasteiger partial charge in [-0.15, -0.1) is 11.3 Å². The largest absolute Gasteiger partial charge is 0.379 e. The molecule has 2 heterocycles. The summed E-state index contributed by atoms with van der Waals surface area (Å²) in [6.07, 6.45) is 0. The molecule has 24 heavy (non-hydrogen) atoms. The third-order valence-corrected chi connectivity index (χ3v) is 5.76. The molecule has 1 fully saturated rings. The van der Waals surface area contributed by atoms with Crippen molar-refractivity contribution < 1.29 is 17.3 Å². The Labute approximate surface area is 146 Å². The number of rotatable bonds is 6. The molecule has 1 aliphatic rings. The average Bonchev–Trinajstić information content (AvgIpc) is 3.04. The predicted molar refractivity (Wildman–Crippen MR) is 93.7 cm³/mol. The van der Waals surface area contributed by atoms with E-state index in [-0.39, 0.29) is 11.6 Å². The first-order chi connectivity index (χ1) is 11.6. The van der Waals surface area contributed by atoms with Crippen molar-refractivity contribution in [1.82, 2.24) is 9.88 Å². The number of benzene rings is 1. The van der Waals surface area contributed by atoms with Crippen LogP contribution < -0.4 is 4.18 Å². The highest BCUT2D eigenvalue weighted by Gasteiger charge is 2.14. The molecule has 8 heteroatoms. The molecule has 0 aliphatic carbocycles. The van der Waals surface area contributed by atoms with Gasteiger partial charge in [0.1, 0.15) is 5.01 Å². The molecule has 3 rings (SSSR count). The van der Waals surface area contributed by atoms with Crippen molar-refractivity contribution in [3.05, 3.63) is 35.2 Å². The first-order valence-corrected chi connectivity index (χ1v) is 10.3. The van der Waals surface area contributed by atoms with Crippen molar-refractivity contribution in [2.75, 3.05) is 32.1 Å². The third kappa shape index (κ3) is 4.54. The molecule has 1 aliphatic heterocycles. The van der Waals surface area contributed by atoms with Gasteiger partial charge in [0.05, 0.1) is 24.3 Å². The fraction of sp³-hybridized carbons (Fsp3) is 0.438. The van der Waals surface area contributed by atoms with Crippen LogP contribution in [-0.2, 0) is 21.4 Å². The van der Waals surface area contributed by atoms with Crippen molar-refractivity contribution in [2.24, 2.45) is 0 Å². The normalized spacial score (nSPS) is 16.2. The standard InChI is InChI=1S/C16H20N2O4S2/c1-2-24(19,20)22-15-12-23-16(17-15)14-5-3-13(4-6-14)11-18-7-9-21-10-8-18/h3-6,12H,2,7-11H2,1H3. The molecule has 0 unspecified atom stereocenters. The highest BCUT2D eigenvalue weighted by molar-refractivity contribution is 7.87. The Kier molecular flexibility index (Phi) is 5.50. The molecule has 0 N–H and O–H groups in total. The second kappa shape index (κ2) is 7.60. The van der Waals surface area contributed by atoms with Gasteiger partial charge in [-0.1, -0.05) is 24.3 Å². The maximum atomic E-state index is 11.5. The quantitative estimate of drug-likeness (QED) is 0.729. The summed E-state index contributed by atoms with van der Waals surface area (Å²) in [5.74, 6) is 0.0602. The van der Waals surface area contributed by atoms with E-state index in [0.717, 1.165) is 43.4 Å². The Morgan fingerprint density at radius 2 is 1.96 bits per heavy atom. The number of hydrogen-bond acceptors (Lipinski definition) is 7. The Morgan fingerprint density at radius 3 is 2.62 bits per heavy atom. The van der Waals surface area contributed by atoms with Crippen LogP contribution in [0, 0.1) is 0 Å². The van der Waals surface area contributed by atoms with E-state index in [1.165, 1.54) is 23.8 Å². The van der Waals surface area contributed by atoms with E-state index in [4.69, 9.17) is 8.92 Å². The minimum absolute atomic E-state index is 0.0733. The second-order valence-electron chi connectivity index (χ2n) is 5.51. The Bertz CT molecular complexity index is 766. The van der Waals surface area contributed by atoms with Gasteiger partial charge in [-0.05, 0) is 12.5 Å². The summed E-state index contributed by atoms with van der Waals surface area (Å²) in [5.41, 5.74) is 2.19. The molecule has 1 saturated heterocycles. The molecule has 0 atom stereocenters. The van der Waals surface area contributed by atoms with Crippen molar-refractivity contribution in [2.45, 2.75) is 13.5 Å². The van der Waals surface area contributed by atoms with E-state index in [0.29, 0.717) is 0 Å². The van der Waals surface area contributed by atoms with Crippen LogP contribution in [0.25, 0.3) is 10.6 Å². The van der Waals surface area contributed by atoms with Crippen LogP contribution in [0.2, 0.25) is 0 Å². The first kappa shape index (κ1) is 17.3. The maximum absolute atomic E-state index is 11.5. The number of ether oxygens (including phenoxy) is 1. The van der Waals surface area contributed by atoms with Gasteiger partial charge < -0.3 is 8.92 Å². The number of morpholine rings is 1. The highest BCUT2D eigenvalue weighted by Crippen LogP contribution is 2.28. The lowest BCUT2D eigenvalue weighted by molar-refractivity contribution is 0.0342. The summed E-state index contributed by atoms with van der Waals surface area (Å²) in [5, 5.41) is 2.36. The van der Waals surface area contributed by atoms with Gasteiger partial charge in [0, 0.05) is 25.2 Å². The number of aromatic nitrogens is 1. The van der Waals surface area contributed by atoms with Crippen LogP contribution in [0.15, 0.2) is 29.6 Å². The first-order valence-electron chi connectivity index (χ1n) is 7.83. The lowest BCUT2D eigenvalue weighted by Gasteiger charge is -2.26. The van der Waals surface area contributed by atoms with Crippen LogP contribution in [0.1, 0.15) is 12.5 Å². The Balaban J connectivity index is 1.66. The molecular formula is C16H20N2O4S2. The van der Waals surface area contributed by atoms with Crippen molar-refractivity contribution >= 4 is 21.5 Å². The van der Waals surface area contributed by atoms with Gasteiger partial charge in [0.15, 0.2) is 0 Å². The minimum atomic E-state index is -3.54. The van der Waals surface area contributed by atoms with Gasteiger partial charge in [-0.2, -0.15) is 8.42 Å². The summed E-state index contributed by atoms with van der Waals surface area (Å²) in [7, 11) is -3.54. The van der Waals surface area contributed by atoms with Crippen LogP contribution >= 0.6 is 11.3 Å². The molecule has 0 amide bonds. The van der Waals surface area contributed by atoms with Crippen LogP contribution in [0.4, 0.5) is 0 Å². The van der Waals surface area contributed by atoms with E-state index in [9.17, 15) is 8.42 Å². The Hall–Kier alpha value is -1.48. The van der Waals surface area contributed by atoms with Crippen molar-refractivity contribution in [1.29, 1.82) is 0 Å². The molecule has 130 valence electrons. The fourth-order valence-electron chi connectivity index (χ4n) is 2.39. The molecule has 0 radical (unpaired) electrons. The molecule has 0 saturated carbocycles. The van der Waals surface area contributed by atoms with Gasteiger partial charge in [-0.3, -0.25) is 4.90 Å². The minimum Gasteiger partial charge on any atom is -0.379 e. The van der Waals surface area contributed by atoms with Crippen LogP contribution in [0.5, 0.6) is 5.88 Å². The monoisotopic (exact) mass is 368 g/mol. The predicted octanol–water partition coefficient (Wildman–Crippen LogP) is 2.37. The summed E-state index contributed by atoms with van der Waals surface area (Å²) >= 11 is 1.37. The van der Waals surface area contributed by atoms with Gasteiger partial charge in [0.25, 0.3) is 0 Å². The van der Waals surface area contributed by atoms with E-state index < -0.39 is 10.1 Å². The lowest BCUT2D eigenvalue weighted by Crippen LogP contribution is -2.35. The zero-order valence-corrected chi connectivity index (χ0v) is 15.1. The van der Waals surface area contributed by atoms with Crippen LogP contribution in [0.3, 0.4) is 0 Å². The van der Waals surface area contributed by atoms with E-state index >= 15 is 0 Å². The number of thiazole rings is 1. The molecular weight excluding hydrogens is 348 g/mol.